The van der Waals surface area contributed by atoms with Crippen LogP contribution in [0, 0.1) is 0 Å². The van der Waals surface area contributed by atoms with E-state index in [1.54, 1.807) is 6.92 Å². The minimum Gasteiger partial charge on any atom is -0.467 e. The molecule has 14 heavy (non-hydrogen) atoms. The van der Waals surface area contributed by atoms with Crippen molar-refractivity contribution in [2.24, 2.45) is 0 Å². The van der Waals surface area contributed by atoms with Crippen LogP contribution in [0.1, 0.15) is 20.3 Å². The summed E-state index contributed by atoms with van der Waals surface area (Å²) >= 11 is 0. The molecule has 0 saturated heterocycles. The zero-order chi connectivity index (χ0) is 11.2. The lowest BCUT2D eigenvalue weighted by atomic mass is 10.1. The summed E-state index contributed by atoms with van der Waals surface area (Å²) < 4.78 is 4.41. The molecule has 2 atom stereocenters. The van der Waals surface area contributed by atoms with Crippen molar-refractivity contribution < 1.29 is 19.7 Å². The van der Waals surface area contributed by atoms with Gasteiger partial charge in [-0.25, -0.2) is 4.79 Å². The van der Waals surface area contributed by atoms with Gasteiger partial charge in [-0.1, -0.05) is 0 Å². The van der Waals surface area contributed by atoms with Crippen LogP contribution in [0.5, 0.6) is 0 Å². The number of rotatable bonds is 6. The number of aliphatic hydroxyl groups is 2. The van der Waals surface area contributed by atoms with Crippen LogP contribution in [-0.4, -0.2) is 48.1 Å². The van der Waals surface area contributed by atoms with E-state index < -0.39 is 11.6 Å². The highest BCUT2D eigenvalue weighted by atomic mass is 16.5. The number of ether oxygens (including phenoxy) is 1. The highest BCUT2D eigenvalue weighted by Gasteiger charge is 2.30. The van der Waals surface area contributed by atoms with Crippen molar-refractivity contribution in [1.82, 2.24) is 5.32 Å². The average molecular weight is 205 g/mol. The highest BCUT2D eigenvalue weighted by Crippen LogP contribution is 2.03. The Hall–Kier alpha value is -0.650. The Balaban J connectivity index is 3.71. The minimum atomic E-state index is -1.51. The molecule has 0 radical (unpaired) electrons. The molecule has 0 rings (SSSR count). The SMILES string of the molecule is COC(=O)C(C)(O)CNCCC(C)O. The molecular formula is C9H19NO4. The van der Waals surface area contributed by atoms with E-state index in [0.717, 1.165) is 0 Å². The first-order valence-electron chi connectivity index (χ1n) is 4.59. The van der Waals surface area contributed by atoms with Gasteiger partial charge in [0, 0.05) is 6.54 Å². The van der Waals surface area contributed by atoms with Crippen molar-refractivity contribution in [1.29, 1.82) is 0 Å². The molecule has 0 amide bonds. The van der Waals surface area contributed by atoms with Crippen molar-refractivity contribution in [3.05, 3.63) is 0 Å². The lowest BCUT2D eigenvalue weighted by molar-refractivity contribution is -0.159. The van der Waals surface area contributed by atoms with E-state index in [9.17, 15) is 9.90 Å². The normalized spacial score (nSPS) is 17.2. The first-order valence-corrected chi connectivity index (χ1v) is 4.59. The maximum atomic E-state index is 11.0. The molecule has 0 aliphatic carbocycles. The molecular weight excluding hydrogens is 186 g/mol. The Morgan fingerprint density at radius 1 is 1.64 bits per heavy atom. The fourth-order valence-electron chi connectivity index (χ4n) is 0.935. The van der Waals surface area contributed by atoms with Crippen LogP contribution < -0.4 is 5.32 Å². The third kappa shape index (κ3) is 5.16. The fraction of sp³-hybridized carbons (Fsp3) is 0.889. The molecule has 3 N–H and O–H groups in total. The van der Waals surface area contributed by atoms with Crippen LogP contribution in [0.2, 0.25) is 0 Å². The van der Waals surface area contributed by atoms with Crippen molar-refractivity contribution in [2.75, 3.05) is 20.2 Å². The van der Waals surface area contributed by atoms with E-state index in [0.29, 0.717) is 13.0 Å². The zero-order valence-corrected chi connectivity index (χ0v) is 8.91. The van der Waals surface area contributed by atoms with Gasteiger partial charge in [0.05, 0.1) is 13.2 Å². The molecule has 0 heterocycles. The zero-order valence-electron chi connectivity index (χ0n) is 8.91. The predicted octanol–water partition coefficient (Wildman–Crippen LogP) is -0.729. The quantitative estimate of drug-likeness (QED) is 0.393. The lowest BCUT2D eigenvalue weighted by Crippen LogP contribution is -2.46. The van der Waals surface area contributed by atoms with Crippen LogP contribution in [0.15, 0.2) is 0 Å². The number of carbonyl (C=O) groups is 1. The topological polar surface area (TPSA) is 78.8 Å². The van der Waals surface area contributed by atoms with Gasteiger partial charge in [-0.05, 0) is 26.8 Å². The Morgan fingerprint density at radius 2 is 2.21 bits per heavy atom. The van der Waals surface area contributed by atoms with Gasteiger partial charge in [0.1, 0.15) is 0 Å². The molecule has 0 bridgehead atoms. The van der Waals surface area contributed by atoms with Crippen LogP contribution in [-0.2, 0) is 9.53 Å². The maximum absolute atomic E-state index is 11.0. The third-order valence-corrected chi connectivity index (χ3v) is 1.83. The summed E-state index contributed by atoms with van der Waals surface area (Å²) in [6.07, 6.45) is 0.197. The summed E-state index contributed by atoms with van der Waals surface area (Å²) in [5.74, 6) is -0.665. The van der Waals surface area contributed by atoms with Gasteiger partial charge in [0.15, 0.2) is 5.60 Å². The van der Waals surface area contributed by atoms with Crippen molar-refractivity contribution in [3.8, 4) is 0 Å². The van der Waals surface area contributed by atoms with Gasteiger partial charge in [0.2, 0.25) is 0 Å². The first kappa shape index (κ1) is 13.4. The van der Waals surface area contributed by atoms with E-state index in [4.69, 9.17) is 5.11 Å². The molecule has 84 valence electrons. The number of methoxy groups -OCH3 is 1. The third-order valence-electron chi connectivity index (χ3n) is 1.83. The van der Waals surface area contributed by atoms with Crippen LogP contribution >= 0.6 is 0 Å². The van der Waals surface area contributed by atoms with E-state index in [1.807, 2.05) is 0 Å². The summed E-state index contributed by atoms with van der Waals surface area (Å²) in [7, 11) is 1.23. The summed E-state index contributed by atoms with van der Waals surface area (Å²) in [5, 5.41) is 21.4. The number of nitrogens with one attached hydrogen (secondary N) is 1. The van der Waals surface area contributed by atoms with Gasteiger partial charge in [-0.2, -0.15) is 0 Å². The summed E-state index contributed by atoms with van der Waals surface area (Å²) in [5.41, 5.74) is -1.51. The van der Waals surface area contributed by atoms with E-state index in [2.05, 4.69) is 10.1 Å². The summed E-state index contributed by atoms with van der Waals surface area (Å²) in [6.45, 7) is 3.73. The Morgan fingerprint density at radius 3 is 2.64 bits per heavy atom. The molecule has 0 aromatic rings. The van der Waals surface area contributed by atoms with Crippen LogP contribution in [0.25, 0.3) is 0 Å². The maximum Gasteiger partial charge on any atom is 0.338 e. The fourth-order valence-corrected chi connectivity index (χ4v) is 0.935. The van der Waals surface area contributed by atoms with Gasteiger partial charge >= 0.3 is 5.97 Å². The molecule has 0 aromatic carbocycles. The van der Waals surface area contributed by atoms with Gasteiger partial charge in [0.25, 0.3) is 0 Å². The lowest BCUT2D eigenvalue weighted by Gasteiger charge is -2.20. The smallest absolute Gasteiger partial charge is 0.338 e. The summed E-state index contributed by atoms with van der Waals surface area (Å²) in [6, 6.07) is 0. The number of carbonyl (C=O) groups excluding carboxylic acids is 1. The number of esters is 1. The number of aliphatic hydroxyl groups excluding tert-OH is 1. The largest absolute Gasteiger partial charge is 0.467 e. The molecule has 2 unspecified atom stereocenters. The molecule has 0 fully saturated rings. The first-order chi connectivity index (χ1) is 6.40. The van der Waals surface area contributed by atoms with Crippen molar-refractivity contribution >= 4 is 5.97 Å². The minimum absolute atomic E-state index is 0.117. The Labute approximate surface area is 84.1 Å². The second-order valence-electron chi connectivity index (χ2n) is 3.58. The number of hydrogen-bond donors (Lipinski definition) is 3. The molecule has 0 aliphatic rings. The van der Waals surface area contributed by atoms with E-state index >= 15 is 0 Å². The van der Waals surface area contributed by atoms with Crippen molar-refractivity contribution in [2.45, 2.75) is 32.0 Å². The van der Waals surface area contributed by atoms with Crippen LogP contribution in [0.3, 0.4) is 0 Å². The molecule has 0 saturated carbocycles. The van der Waals surface area contributed by atoms with E-state index in [1.165, 1.54) is 14.0 Å². The summed E-state index contributed by atoms with van der Waals surface area (Å²) in [4.78, 5) is 11.0. The average Bonchev–Trinajstić information content (AvgIpc) is 2.10. The molecule has 0 aromatic heterocycles. The predicted molar refractivity (Wildman–Crippen MR) is 51.8 cm³/mol. The second-order valence-corrected chi connectivity index (χ2v) is 3.58. The number of hydrogen-bond acceptors (Lipinski definition) is 5. The van der Waals surface area contributed by atoms with Gasteiger partial charge in [-0.3, -0.25) is 0 Å². The highest BCUT2D eigenvalue weighted by molar-refractivity contribution is 5.78. The Bertz CT molecular complexity index is 180. The second kappa shape index (κ2) is 5.95. The standard InChI is InChI=1S/C9H19NO4/c1-7(11)4-5-10-6-9(2,13)8(12)14-3/h7,10-11,13H,4-6H2,1-3H3. The Kier molecular flexibility index (Phi) is 5.68. The van der Waals surface area contributed by atoms with Crippen LogP contribution in [0.4, 0.5) is 0 Å². The van der Waals surface area contributed by atoms with Gasteiger partial charge < -0.3 is 20.3 Å². The van der Waals surface area contributed by atoms with Crippen molar-refractivity contribution in [3.63, 3.8) is 0 Å². The molecule has 5 nitrogen and oxygen atoms in total. The van der Waals surface area contributed by atoms with Gasteiger partial charge in [-0.15, -0.1) is 0 Å². The molecule has 0 spiro atoms. The molecule has 0 aliphatic heterocycles. The van der Waals surface area contributed by atoms with E-state index in [-0.39, 0.29) is 12.6 Å². The molecule has 5 heteroatoms. The monoisotopic (exact) mass is 205 g/mol.